The summed E-state index contributed by atoms with van der Waals surface area (Å²) in [6, 6.07) is 0. The van der Waals surface area contributed by atoms with Gasteiger partial charge in [0, 0.05) is 13.1 Å². The monoisotopic (exact) mass is 239 g/mol. The molecule has 1 nitrogen and oxygen atoms in total. The molecule has 6 unspecified atom stereocenters. The number of fused-ring (bicyclic) bond motifs is 5. The summed E-state index contributed by atoms with van der Waals surface area (Å²) in [6.07, 6.45) is 1.56. The molecule has 1 heteroatoms. The van der Waals surface area contributed by atoms with Gasteiger partial charge >= 0.3 is 0 Å². The zero-order chi connectivity index (χ0) is 13.2. The van der Waals surface area contributed by atoms with Gasteiger partial charge in [-0.2, -0.15) is 0 Å². The lowest BCUT2D eigenvalue weighted by Gasteiger charge is -2.33. The summed E-state index contributed by atoms with van der Waals surface area (Å²) >= 11 is 0. The van der Waals surface area contributed by atoms with Crippen molar-refractivity contribution in [1.29, 1.82) is 0 Å². The SMILES string of the molecule is CC.CC.CC1C(C)C2CC1C1CN(C)CC21. The highest BCUT2D eigenvalue weighted by atomic mass is 15.1. The zero-order valence-electron chi connectivity index (χ0n) is 13.0. The van der Waals surface area contributed by atoms with E-state index < -0.39 is 0 Å². The molecule has 2 saturated carbocycles. The van der Waals surface area contributed by atoms with E-state index in [1.54, 1.807) is 6.42 Å². The lowest BCUT2D eigenvalue weighted by Crippen LogP contribution is -2.31. The van der Waals surface area contributed by atoms with Crippen LogP contribution in [0.15, 0.2) is 0 Å². The quantitative estimate of drug-likeness (QED) is 0.614. The van der Waals surface area contributed by atoms with Crippen LogP contribution in [0.5, 0.6) is 0 Å². The number of hydrogen-bond donors (Lipinski definition) is 0. The van der Waals surface area contributed by atoms with Crippen LogP contribution in [-0.2, 0) is 0 Å². The molecular formula is C16H33N. The Kier molecular flexibility index (Phi) is 5.50. The average molecular weight is 239 g/mol. The Hall–Kier alpha value is -0.0400. The molecule has 1 aliphatic heterocycles. The third kappa shape index (κ3) is 2.41. The van der Waals surface area contributed by atoms with Crippen molar-refractivity contribution in [2.45, 2.75) is 48.0 Å². The molecular weight excluding hydrogens is 206 g/mol. The minimum atomic E-state index is 1.01. The van der Waals surface area contributed by atoms with Crippen molar-refractivity contribution in [3.63, 3.8) is 0 Å². The van der Waals surface area contributed by atoms with Crippen molar-refractivity contribution in [2.24, 2.45) is 35.5 Å². The van der Waals surface area contributed by atoms with Crippen LogP contribution in [0, 0.1) is 35.5 Å². The summed E-state index contributed by atoms with van der Waals surface area (Å²) in [6.45, 7) is 15.8. The first-order chi connectivity index (χ1) is 8.18. The second kappa shape index (κ2) is 6.22. The number of likely N-dealkylation sites (tertiary alicyclic amines) is 1. The van der Waals surface area contributed by atoms with Gasteiger partial charge in [-0.05, 0) is 49.0 Å². The van der Waals surface area contributed by atoms with Gasteiger partial charge in [0.15, 0.2) is 0 Å². The topological polar surface area (TPSA) is 3.24 Å². The van der Waals surface area contributed by atoms with Gasteiger partial charge < -0.3 is 4.90 Å². The highest BCUT2D eigenvalue weighted by molar-refractivity contribution is 5.06. The number of nitrogens with zero attached hydrogens (tertiary/aromatic N) is 1. The molecule has 3 aliphatic rings. The maximum Gasteiger partial charge on any atom is 0.00127 e. The first-order valence-electron chi connectivity index (χ1n) is 7.87. The summed E-state index contributed by atoms with van der Waals surface area (Å²) in [5.74, 6) is 6.32. The van der Waals surface area contributed by atoms with Crippen LogP contribution in [0.25, 0.3) is 0 Å². The van der Waals surface area contributed by atoms with Gasteiger partial charge in [0.25, 0.3) is 0 Å². The molecule has 0 N–H and O–H groups in total. The summed E-state index contributed by atoms with van der Waals surface area (Å²) in [4.78, 5) is 2.55. The second-order valence-electron chi connectivity index (χ2n) is 5.83. The molecule has 3 rings (SSSR count). The summed E-state index contributed by atoms with van der Waals surface area (Å²) in [7, 11) is 2.30. The molecule has 0 aromatic rings. The second-order valence-corrected chi connectivity index (χ2v) is 5.83. The number of hydrogen-bond acceptors (Lipinski definition) is 1. The van der Waals surface area contributed by atoms with Crippen LogP contribution in [0.4, 0.5) is 0 Å². The van der Waals surface area contributed by atoms with Crippen LogP contribution in [0.2, 0.25) is 0 Å². The van der Waals surface area contributed by atoms with E-state index in [1.807, 2.05) is 27.7 Å². The summed E-state index contributed by atoms with van der Waals surface area (Å²) in [5.41, 5.74) is 0. The van der Waals surface area contributed by atoms with Gasteiger partial charge in [-0.3, -0.25) is 0 Å². The van der Waals surface area contributed by atoms with Gasteiger partial charge in [0.1, 0.15) is 0 Å². The van der Waals surface area contributed by atoms with E-state index in [0.29, 0.717) is 0 Å². The van der Waals surface area contributed by atoms with E-state index in [0.717, 1.165) is 35.5 Å². The van der Waals surface area contributed by atoms with Gasteiger partial charge in [0.2, 0.25) is 0 Å². The highest BCUT2D eigenvalue weighted by Gasteiger charge is 2.56. The first kappa shape index (κ1) is 15.0. The maximum atomic E-state index is 2.55. The predicted molar refractivity (Wildman–Crippen MR) is 77.1 cm³/mol. The van der Waals surface area contributed by atoms with Crippen LogP contribution in [0.3, 0.4) is 0 Å². The third-order valence-corrected chi connectivity index (χ3v) is 5.42. The van der Waals surface area contributed by atoms with E-state index in [-0.39, 0.29) is 0 Å². The highest BCUT2D eigenvalue weighted by Crippen LogP contribution is 2.59. The normalized spacial score (nSPS) is 46.8. The zero-order valence-corrected chi connectivity index (χ0v) is 13.0. The fourth-order valence-electron chi connectivity index (χ4n) is 4.62. The molecule has 0 aromatic heterocycles. The van der Waals surface area contributed by atoms with Gasteiger partial charge in [0.05, 0.1) is 0 Å². The molecule has 1 saturated heterocycles. The van der Waals surface area contributed by atoms with Crippen molar-refractivity contribution >= 4 is 0 Å². The van der Waals surface area contributed by atoms with Crippen molar-refractivity contribution < 1.29 is 0 Å². The molecule has 6 atom stereocenters. The molecule has 102 valence electrons. The molecule has 0 amide bonds. The summed E-state index contributed by atoms with van der Waals surface area (Å²) < 4.78 is 0. The molecule has 0 spiro atoms. The standard InChI is InChI=1S/C12H21N.2C2H6/c1-7-8(2)10-4-9(7)11-5-13(3)6-12(10)11;2*1-2/h7-12H,4-6H2,1-3H3;2*1-2H3. The van der Waals surface area contributed by atoms with Crippen LogP contribution in [0.1, 0.15) is 48.0 Å². The van der Waals surface area contributed by atoms with E-state index in [4.69, 9.17) is 0 Å². The Morgan fingerprint density at radius 3 is 1.41 bits per heavy atom. The molecule has 2 aliphatic carbocycles. The van der Waals surface area contributed by atoms with Crippen molar-refractivity contribution in [1.82, 2.24) is 4.90 Å². The molecule has 3 fully saturated rings. The van der Waals surface area contributed by atoms with Gasteiger partial charge in [-0.15, -0.1) is 0 Å². The van der Waals surface area contributed by atoms with Crippen molar-refractivity contribution in [2.75, 3.05) is 20.1 Å². The fourth-order valence-corrected chi connectivity index (χ4v) is 4.62. The fraction of sp³-hybridized carbons (Fsp3) is 1.00. The van der Waals surface area contributed by atoms with Crippen LogP contribution in [-0.4, -0.2) is 25.0 Å². The molecule has 17 heavy (non-hydrogen) atoms. The third-order valence-electron chi connectivity index (χ3n) is 5.42. The smallest absolute Gasteiger partial charge is 0.00127 e. The first-order valence-corrected chi connectivity index (χ1v) is 7.87. The number of rotatable bonds is 0. The molecule has 0 aromatic carbocycles. The lowest BCUT2D eigenvalue weighted by molar-refractivity contribution is 0.153. The Balaban J connectivity index is 0.000000330. The lowest BCUT2D eigenvalue weighted by atomic mass is 9.71. The van der Waals surface area contributed by atoms with Crippen molar-refractivity contribution in [3.8, 4) is 0 Å². The van der Waals surface area contributed by atoms with Crippen molar-refractivity contribution in [3.05, 3.63) is 0 Å². The Bertz CT molecular complexity index is 200. The predicted octanol–water partition coefficient (Wildman–Crippen LogP) is 4.14. The van der Waals surface area contributed by atoms with Gasteiger partial charge in [-0.1, -0.05) is 41.5 Å². The Labute approximate surface area is 109 Å². The van der Waals surface area contributed by atoms with Gasteiger partial charge in [-0.25, -0.2) is 0 Å². The molecule has 1 heterocycles. The van der Waals surface area contributed by atoms with Crippen LogP contribution < -0.4 is 0 Å². The van der Waals surface area contributed by atoms with E-state index >= 15 is 0 Å². The van der Waals surface area contributed by atoms with E-state index in [9.17, 15) is 0 Å². The Morgan fingerprint density at radius 1 is 0.706 bits per heavy atom. The minimum absolute atomic E-state index is 1.01. The summed E-state index contributed by atoms with van der Waals surface area (Å²) in [5, 5.41) is 0. The largest absolute Gasteiger partial charge is 0.306 e. The maximum absolute atomic E-state index is 2.55. The Morgan fingerprint density at radius 2 is 1.06 bits per heavy atom. The van der Waals surface area contributed by atoms with E-state index in [1.165, 1.54) is 13.1 Å². The van der Waals surface area contributed by atoms with E-state index in [2.05, 4.69) is 25.8 Å². The average Bonchev–Trinajstić information content (AvgIpc) is 2.97. The molecule has 0 radical (unpaired) electrons. The minimum Gasteiger partial charge on any atom is -0.306 e. The molecule has 2 bridgehead atoms. The van der Waals surface area contributed by atoms with Crippen LogP contribution >= 0.6 is 0 Å².